The first-order chi connectivity index (χ1) is 9.01. The van der Waals surface area contributed by atoms with Crippen LogP contribution < -0.4 is 10.5 Å². The van der Waals surface area contributed by atoms with Crippen molar-refractivity contribution in [1.82, 2.24) is 14.8 Å². The Bertz CT molecular complexity index is 575. The van der Waals surface area contributed by atoms with E-state index < -0.39 is 0 Å². The van der Waals surface area contributed by atoms with E-state index in [1.807, 2.05) is 29.9 Å². The van der Waals surface area contributed by atoms with E-state index in [-0.39, 0.29) is 0 Å². The lowest BCUT2D eigenvalue weighted by Gasteiger charge is -2.05. The SMILES string of the molecule is COc1ccc(Cc2nc(C(C)C)n(C)n2)cc1N. The third-order valence-corrected chi connectivity index (χ3v) is 3.01. The number of rotatable bonds is 4. The van der Waals surface area contributed by atoms with Crippen molar-refractivity contribution in [2.75, 3.05) is 12.8 Å². The molecule has 0 spiro atoms. The van der Waals surface area contributed by atoms with Crippen LogP contribution in [0.3, 0.4) is 0 Å². The van der Waals surface area contributed by atoms with Crippen LogP contribution in [0.5, 0.6) is 5.75 Å². The van der Waals surface area contributed by atoms with Crippen LogP contribution in [0.25, 0.3) is 0 Å². The molecular formula is C14H20N4O. The van der Waals surface area contributed by atoms with Crippen molar-refractivity contribution >= 4 is 5.69 Å². The first-order valence-corrected chi connectivity index (χ1v) is 6.33. The molecule has 102 valence electrons. The molecule has 0 atom stereocenters. The molecule has 1 aromatic heterocycles. The van der Waals surface area contributed by atoms with Crippen LogP contribution in [0.1, 0.15) is 37.0 Å². The van der Waals surface area contributed by atoms with E-state index in [2.05, 4.69) is 23.9 Å². The maximum absolute atomic E-state index is 5.90. The van der Waals surface area contributed by atoms with Gasteiger partial charge in [0.15, 0.2) is 5.82 Å². The predicted molar refractivity (Wildman–Crippen MR) is 75.3 cm³/mol. The molecule has 1 aromatic carbocycles. The second-order valence-electron chi connectivity index (χ2n) is 4.92. The number of benzene rings is 1. The molecule has 0 saturated heterocycles. The maximum atomic E-state index is 5.90. The summed E-state index contributed by atoms with van der Waals surface area (Å²) in [5.74, 6) is 2.88. The number of aromatic nitrogens is 3. The first kappa shape index (κ1) is 13.4. The van der Waals surface area contributed by atoms with Crippen LogP contribution in [0.15, 0.2) is 18.2 Å². The number of hydrogen-bond donors (Lipinski definition) is 1. The van der Waals surface area contributed by atoms with E-state index in [0.29, 0.717) is 23.8 Å². The van der Waals surface area contributed by atoms with Gasteiger partial charge in [-0.2, -0.15) is 5.10 Å². The van der Waals surface area contributed by atoms with Crippen molar-refractivity contribution in [3.63, 3.8) is 0 Å². The number of anilines is 1. The maximum Gasteiger partial charge on any atom is 0.155 e. The lowest BCUT2D eigenvalue weighted by molar-refractivity contribution is 0.417. The van der Waals surface area contributed by atoms with Crippen molar-refractivity contribution in [3.05, 3.63) is 35.4 Å². The van der Waals surface area contributed by atoms with Crippen molar-refractivity contribution in [1.29, 1.82) is 0 Å². The minimum atomic E-state index is 0.368. The van der Waals surface area contributed by atoms with Gasteiger partial charge in [0.25, 0.3) is 0 Å². The number of nitrogens with two attached hydrogens (primary N) is 1. The average Bonchev–Trinajstić information content (AvgIpc) is 2.70. The van der Waals surface area contributed by atoms with Gasteiger partial charge < -0.3 is 10.5 Å². The lowest BCUT2D eigenvalue weighted by Crippen LogP contribution is -2.00. The Morgan fingerprint density at radius 3 is 2.63 bits per heavy atom. The zero-order valence-electron chi connectivity index (χ0n) is 11.8. The van der Waals surface area contributed by atoms with Gasteiger partial charge in [-0.1, -0.05) is 19.9 Å². The molecule has 2 rings (SSSR count). The fourth-order valence-electron chi connectivity index (χ4n) is 2.11. The van der Waals surface area contributed by atoms with E-state index in [9.17, 15) is 0 Å². The number of aryl methyl sites for hydroxylation is 1. The van der Waals surface area contributed by atoms with E-state index in [0.717, 1.165) is 17.2 Å². The van der Waals surface area contributed by atoms with Gasteiger partial charge in [0.1, 0.15) is 11.6 Å². The molecule has 0 unspecified atom stereocenters. The van der Waals surface area contributed by atoms with Crippen LogP contribution in [-0.4, -0.2) is 21.9 Å². The van der Waals surface area contributed by atoms with Crippen molar-refractivity contribution < 1.29 is 4.74 Å². The van der Waals surface area contributed by atoms with Crippen molar-refractivity contribution in [2.24, 2.45) is 7.05 Å². The fraction of sp³-hybridized carbons (Fsp3) is 0.429. The van der Waals surface area contributed by atoms with Gasteiger partial charge in [-0.15, -0.1) is 0 Å². The highest BCUT2D eigenvalue weighted by atomic mass is 16.5. The van der Waals surface area contributed by atoms with Gasteiger partial charge >= 0.3 is 0 Å². The Balaban J connectivity index is 2.21. The van der Waals surface area contributed by atoms with E-state index in [4.69, 9.17) is 10.5 Å². The molecule has 0 saturated carbocycles. The number of methoxy groups -OCH3 is 1. The second kappa shape index (κ2) is 5.30. The summed E-state index contributed by atoms with van der Waals surface area (Å²) < 4.78 is 6.98. The Morgan fingerprint density at radius 1 is 1.37 bits per heavy atom. The minimum Gasteiger partial charge on any atom is -0.495 e. The summed E-state index contributed by atoms with van der Waals surface area (Å²) in [5, 5.41) is 4.43. The normalized spacial score (nSPS) is 11.0. The molecule has 0 amide bonds. The standard InChI is InChI=1S/C14H20N4O/c1-9(2)14-16-13(17-18(14)3)8-10-5-6-12(19-4)11(15)7-10/h5-7,9H,8,15H2,1-4H3. The number of hydrogen-bond acceptors (Lipinski definition) is 4. The van der Waals surface area contributed by atoms with Gasteiger partial charge in [0.2, 0.25) is 0 Å². The molecule has 0 bridgehead atoms. The predicted octanol–water partition coefficient (Wildman–Crippen LogP) is 2.12. The molecule has 1 heterocycles. The molecular weight excluding hydrogens is 240 g/mol. The molecule has 0 aliphatic carbocycles. The molecule has 5 nitrogen and oxygen atoms in total. The van der Waals surface area contributed by atoms with Gasteiger partial charge in [-0.3, -0.25) is 4.68 Å². The second-order valence-corrected chi connectivity index (χ2v) is 4.92. The summed E-state index contributed by atoms with van der Waals surface area (Å²) in [6, 6.07) is 5.77. The Labute approximate surface area is 113 Å². The Kier molecular flexibility index (Phi) is 3.74. The first-order valence-electron chi connectivity index (χ1n) is 6.33. The number of nitrogens with zero attached hydrogens (tertiary/aromatic N) is 3. The van der Waals surface area contributed by atoms with Crippen LogP contribution in [0.4, 0.5) is 5.69 Å². The third kappa shape index (κ3) is 2.86. The van der Waals surface area contributed by atoms with E-state index in [1.54, 1.807) is 7.11 Å². The Morgan fingerprint density at radius 2 is 2.11 bits per heavy atom. The quantitative estimate of drug-likeness (QED) is 0.855. The van der Waals surface area contributed by atoms with Gasteiger partial charge in [0, 0.05) is 19.4 Å². The zero-order chi connectivity index (χ0) is 14.0. The van der Waals surface area contributed by atoms with E-state index in [1.165, 1.54) is 0 Å². The highest BCUT2D eigenvalue weighted by Gasteiger charge is 2.11. The van der Waals surface area contributed by atoms with E-state index >= 15 is 0 Å². The minimum absolute atomic E-state index is 0.368. The van der Waals surface area contributed by atoms with Gasteiger partial charge in [0.05, 0.1) is 12.8 Å². The highest BCUT2D eigenvalue weighted by molar-refractivity contribution is 5.54. The van der Waals surface area contributed by atoms with Gasteiger partial charge in [-0.05, 0) is 17.7 Å². The highest BCUT2D eigenvalue weighted by Crippen LogP contribution is 2.23. The van der Waals surface area contributed by atoms with Crippen LogP contribution >= 0.6 is 0 Å². The number of nitrogen functional groups attached to an aromatic ring is 1. The molecule has 2 N–H and O–H groups in total. The van der Waals surface area contributed by atoms with Gasteiger partial charge in [-0.25, -0.2) is 4.98 Å². The molecule has 2 aromatic rings. The lowest BCUT2D eigenvalue weighted by atomic mass is 10.1. The summed E-state index contributed by atoms with van der Waals surface area (Å²) >= 11 is 0. The summed E-state index contributed by atoms with van der Waals surface area (Å²) in [5.41, 5.74) is 7.62. The van der Waals surface area contributed by atoms with Crippen molar-refractivity contribution in [3.8, 4) is 5.75 Å². The molecule has 0 radical (unpaired) electrons. The molecule has 0 aliphatic heterocycles. The molecule has 5 heteroatoms. The average molecular weight is 260 g/mol. The fourth-order valence-corrected chi connectivity index (χ4v) is 2.11. The van der Waals surface area contributed by atoms with Crippen LogP contribution in [-0.2, 0) is 13.5 Å². The number of ether oxygens (including phenoxy) is 1. The zero-order valence-corrected chi connectivity index (χ0v) is 11.8. The molecule has 19 heavy (non-hydrogen) atoms. The van der Waals surface area contributed by atoms with Crippen molar-refractivity contribution in [2.45, 2.75) is 26.2 Å². The summed E-state index contributed by atoms with van der Waals surface area (Å²) in [7, 11) is 3.54. The summed E-state index contributed by atoms with van der Waals surface area (Å²) in [4.78, 5) is 4.56. The van der Waals surface area contributed by atoms with Crippen LogP contribution in [0.2, 0.25) is 0 Å². The molecule has 0 fully saturated rings. The summed E-state index contributed by atoms with van der Waals surface area (Å²) in [6.07, 6.45) is 0.675. The largest absolute Gasteiger partial charge is 0.495 e. The monoisotopic (exact) mass is 260 g/mol. The van der Waals surface area contributed by atoms with Crippen LogP contribution in [0, 0.1) is 0 Å². The topological polar surface area (TPSA) is 66.0 Å². The Hall–Kier alpha value is -2.04. The molecule has 0 aliphatic rings. The summed E-state index contributed by atoms with van der Waals surface area (Å²) in [6.45, 7) is 4.22. The smallest absolute Gasteiger partial charge is 0.155 e. The third-order valence-electron chi connectivity index (χ3n) is 3.01.